The summed E-state index contributed by atoms with van der Waals surface area (Å²) in [5, 5.41) is 0. The summed E-state index contributed by atoms with van der Waals surface area (Å²) >= 11 is 0. The van der Waals surface area contributed by atoms with E-state index in [0.717, 1.165) is 31.1 Å². The molecule has 2 aromatic carbocycles. The fourth-order valence-electron chi connectivity index (χ4n) is 3.50. The highest BCUT2D eigenvalue weighted by Gasteiger charge is 2.24. The molecule has 6 nitrogen and oxygen atoms in total. The summed E-state index contributed by atoms with van der Waals surface area (Å²) in [5.74, 6) is 2.41. The standard InChI is InChI=1S/C24H26N2O4/c1-28-20-7-9-21(10-8-20)29-18-22-11-12-23(30-22)24(27)26-15-13-25(14-16-26)17-19-5-3-2-4-6-19/h2-12H,13-18H2,1H3. The van der Waals surface area contributed by atoms with Crippen LogP contribution in [0.3, 0.4) is 0 Å². The van der Waals surface area contributed by atoms with Gasteiger partial charge in [-0.25, -0.2) is 0 Å². The van der Waals surface area contributed by atoms with E-state index in [1.165, 1.54) is 5.56 Å². The Balaban J connectivity index is 1.26. The normalized spacial score (nSPS) is 14.5. The second kappa shape index (κ2) is 9.50. The highest BCUT2D eigenvalue weighted by atomic mass is 16.5. The van der Waals surface area contributed by atoms with Crippen molar-refractivity contribution in [2.75, 3.05) is 33.3 Å². The zero-order valence-electron chi connectivity index (χ0n) is 17.1. The van der Waals surface area contributed by atoms with Gasteiger partial charge in [-0.2, -0.15) is 0 Å². The summed E-state index contributed by atoms with van der Waals surface area (Å²) in [6, 6.07) is 21.3. The van der Waals surface area contributed by atoms with E-state index in [-0.39, 0.29) is 12.5 Å². The Labute approximate surface area is 176 Å². The summed E-state index contributed by atoms with van der Waals surface area (Å²) in [6.07, 6.45) is 0. The Bertz CT molecular complexity index is 945. The third kappa shape index (κ3) is 5.02. The van der Waals surface area contributed by atoms with E-state index in [2.05, 4.69) is 29.2 Å². The number of furan rings is 1. The Morgan fingerprint density at radius 1 is 0.900 bits per heavy atom. The van der Waals surface area contributed by atoms with Crippen LogP contribution in [0.25, 0.3) is 0 Å². The van der Waals surface area contributed by atoms with Crippen molar-refractivity contribution in [3.8, 4) is 11.5 Å². The summed E-state index contributed by atoms with van der Waals surface area (Å²) in [6.45, 7) is 4.29. The minimum Gasteiger partial charge on any atom is -0.497 e. The van der Waals surface area contributed by atoms with Crippen molar-refractivity contribution in [3.63, 3.8) is 0 Å². The van der Waals surface area contributed by atoms with Crippen LogP contribution in [0.5, 0.6) is 11.5 Å². The molecule has 3 aromatic rings. The van der Waals surface area contributed by atoms with E-state index in [4.69, 9.17) is 13.9 Å². The summed E-state index contributed by atoms with van der Waals surface area (Å²) in [5.41, 5.74) is 1.30. The van der Waals surface area contributed by atoms with Gasteiger partial charge in [-0.15, -0.1) is 0 Å². The van der Waals surface area contributed by atoms with Crippen molar-refractivity contribution >= 4 is 5.91 Å². The lowest BCUT2D eigenvalue weighted by atomic mass is 10.2. The molecule has 1 amide bonds. The van der Waals surface area contributed by atoms with Crippen LogP contribution in [0.1, 0.15) is 21.9 Å². The quantitative estimate of drug-likeness (QED) is 0.597. The van der Waals surface area contributed by atoms with Crippen LogP contribution >= 0.6 is 0 Å². The maximum atomic E-state index is 12.8. The van der Waals surface area contributed by atoms with Crippen LogP contribution in [0, 0.1) is 0 Å². The third-order valence-corrected chi connectivity index (χ3v) is 5.22. The molecule has 1 aromatic heterocycles. The number of amides is 1. The average molecular weight is 406 g/mol. The molecule has 4 rings (SSSR count). The zero-order valence-corrected chi connectivity index (χ0v) is 17.1. The van der Waals surface area contributed by atoms with Gasteiger partial charge in [0.1, 0.15) is 23.9 Å². The number of rotatable bonds is 7. The first-order valence-electron chi connectivity index (χ1n) is 10.1. The molecule has 0 N–H and O–H groups in total. The second-order valence-corrected chi connectivity index (χ2v) is 7.28. The largest absolute Gasteiger partial charge is 0.497 e. The molecule has 0 atom stereocenters. The number of hydrogen-bond donors (Lipinski definition) is 0. The lowest BCUT2D eigenvalue weighted by Crippen LogP contribution is -2.48. The Kier molecular flexibility index (Phi) is 6.35. The highest BCUT2D eigenvalue weighted by Crippen LogP contribution is 2.19. The first-order valence-corrected chi connectivity index (χ1v) is 10.1. The topological polar surface area (TPSA) is 55.2 Å². The molecule has 1 aliphatic rings. The van der Waals surface area contributed by atoms with Gasteiger partial charge in [0.05, 0.1) is 7.11 Å². The van der Waals surface area contributed by atoms with Crippen molar-refractivity contribution in [1.82, 2.24) is 9.80 Å². The van der Waals surface area contributed by atoms with Crippen LogP contribution in [-0.4, -0.2) is 49.0 Å². The van der Waals surface area contributed by atoms with Crippen LogP contribution in [0.4, 0.5) is 0 Å². The molecule has 6 heteroatoms. The average Bonchev–Trinajstić information content (AvgIpc) is 3.28. The van der Waals surface area contributed by atoms with Crippen LogP contribution in [0.15, 0.2) is 71.1 Å². The minimum absolute atomic E-state index is 0.0648. The molecule has 0 aliphatic carbocycles. The number of ether oxygens (including phenoxy) is 2. The first kappa shape index (κ1) is 20.0. The molecule has 0 saturated carbocycles. The number of methoxy groups -OCH3 is 1. The van der Waals surface area contributed by atoms with Crippen LogP contribution in [0.2, 0.25) is 0 Å². The molecule has 0 spiro atoms. The molecule has 0 unspecified atom stereocenters. The molecule has 1 fully saturated rings. The number of piperazine rings is 1. The third-order valence-electron chi connectivity index (χ3n) is 5.22. The SMILES string of the molecule is COc1ccc(OCc2ccc(C(=O)N3CCN(Cc4ccccc4)CC3)o2)cc1. The molecule has 2 heterocycles. The number of carbonyl (C=O) groups is 1. The fraction of sp³-hybridized carbons (Fsp3) is 0.292. The van der Waals surface area contributed by atoms with Gasteiger partial charge in [0.25, 0.3) is 5.91 Å². The van der Waals surface area contributed by atoms with Crippen molar-refractivity contribution in [1.29, 1.82) is 0 Å². The molecule has 0 bridgehead atoms. The minimum atomic E-state index is -0.0648. The summed E-state index contributed by atoms with van der Waals surface area (Å²) in [7, 11) is 1.63. The fourth-order valence-corrected chi connectivity index (χ4v) is 3.50. The smallest absolute Gasteiger partial charge is 0.289 e. The predicted octanol–water partition coefficient (Wildman–Crippen LogP) is 3.83. The van der Waals surface area contributed by atoms with Crippen LogP contribution < -0.4 is 9.47 Å². The van der Waals surface area contributed by atoms with Gasteiger partial charge in [-0.05, 0) is 42.0 Å². The Hall–Kier alpha value is -3.25. The van der Waals surface area contributed by atoms with Gasteiger partial charge in [0.2, 0.25) is 0 Å². The van der Waals surface area contributed by atoms with E-state index in [1.54, 1.807) is 19.2 Å². The monoisotopic (exact) mass is 406 g/mol. The Morgan fingerprint density at radius 2 is 1.60 bits per heavy atom. The van der Waals surface area contributed by atoms with Gasteiger partial charge in [-0.1, -0.05) is 30.3 Å². The van der Waals surface area contributed by atoms with Gasteiger partial charge >= 0.3 is 0 Å². The zero-order chi connectivity index (χ0) is 20.8. The van der Waals surface area contributed by atoms with Crippen LogP contribution in [-0.2, 0) is 13.2 Å². The van der Waals surface area contributed by atoms with Crippen molar-refractivity contribution in [2.24, 2.45) is 0 Å². The Morgan fingerprint density at radius 3 is 2.30 bits per heavy atom. The first-order chi connectivity index (χ1) is 14.7. The maximum absolute atomic E-state index is 12.8. The molecule has 1 aliphatic heterocycles. The van der Waals surface area contributed by atoms with E-state index in [1.807, 2.05) is 35.2 Å². The molecule has 0 radical (unpaired) electrons. The number of nitrogens with zero attached hydrogens (tertiary/aromatic N) is 2. The number of benzene rings is 2. The molecule has 30 heavy (non-hydrogen) atoms. The maximum Gasteiger partial charge on any atom is 0.289 e. The summed E-state index contributed by atoms with van der Waals surface area (Å²) < 4.78 is 16.6. The van der Waals surface area contributed by atoms with Crippen molar-refractivity contribution in [3.05, 3.63) is 83.8 Å². The van der Waals surface area contributed by atoms with Crippen molar-refractivity contribution in [2.45, 2.75) is 13.2 Å². The van der Waals surface area contributed by atoms with E-state index >= 15 is 0 Å². The predicted molar refractivity (Wildman–Crippen MR) is 114 cm³/mol. The van der Waals surface area contributed by atoms with E-state index in [0.29, 0.717) is 24.6 Å². The van der Waals surface area contributed by atoms with Gasteiger partial charge < -0.3 is 18.8 Å². The van der Waals surface area contributed by atoms with E-state index < -0.39 is 0 Å². The van der Waals surface area contributed by atoms with E-state index in [9.17, 15) is 4.79 Å². The van der Waals surface area contributed by atoms with Gasteiger partial charge in [0, 0.05) is 32.7 Å². The number of carbonyl (C=O) groups excluding carboxylic acids is 1. The highest BCUT2D eigenvalue weighted by molar-refractivity contribution is 5.91. The van der Waals surface area contributed by atoms with Gasteiger partial charge in [0.15, 0.2) is 5.76 Å². The molecular weight excluding hydrogens is 380 g/mol. The summed E-state index contributed by atoms with van der Waals surface area (Å²) in [4.78, 5) is 17.0. The molecule has 156 valence electrons. The lowest BCUT2D eigenvalue weighted by molar-refractivity contribution is 0.0594. The molecular formula is C24H26N2O4. The van der Waals surface area contributed by atoms with Crippen molar-refractivity contribution < 1.29 is 18.7 Å². The second-order valence-electron chi connectivity index (χ2n) is 7.28. The molecule has 1 saturated heterocycles. The lowest BCUT2D eigenvalue weighted by Gasteiger charge is -2.34. The van der Waals surface area contributed by atoms with Gasteiger partial charge in [-0.3, -0.25) is 9.69 Å². The number of hydrogen-bond acceptors (Lipinski definition) is 5.